The molecule has 0 bridgehead atoms. The van der Waals surface area contributed by atoms with Gasteiger partial charge in [-0.05, 0) is 60.7 Å². The predicted molar refractivity (Wildman–Crippen MR) is 242 cm³/mol. The Morgan fingerprint density at radius 3 is 0.806 bits per heavy atom. The zero-order valence-corrected chi connectivity index (χ0v) is 36.3. The highest BCUT2D eigenvalue weighted by Gasteiger charge is 2.49. The van der Waals surface area contributed by atoms with Gasteiger partial charge in [-0.1, -0.05) is 163 Å². The Morgan fingerprint density at radius 2 is 0.507 bits per heavy atom. The summed E-state index contributed by atoms with van der Waals surface area (Å²) >= 11 is 1.80. The minimum absolute atomic E-state index is 0.0786. The number of halogens is 12. The Morgan fingerprint density at radius 1 is 0.269 bits per heavy atom. The summed E-state index contributed by atoms with van der Waals surface area (Å²) in [4.78, 5) is 6.58. The van der Waals surface area contributed by atoms with Crippen molar-refractivity contribution in [1.29, 1.82) is 0 Å². The highest BCUT2D eigenvalue weighted by atomic mass is 32.2. The summed E-state index contributed by atoms with van der Waals surface area (Å²) in [5.74, 6) is 0. The second-order valence-electron chi connectivity index (χ2n) is 15.0. The molecule has 0 amide bonds. The molecule has 67 heavy (non-hydrogen) atoms. The molecule has 0 radical (unpaired) electrons. The van der Waals surface area contributed by atoms with Crippen LogP contribution in [0.3, 0.4) is 0 Å². The quantitative estimate of drug-likeness (QED) is 0.0789. The van der Waals surface area contributed by atoms with Gasteiger partial charge in [-0.3, -0.25) is 0 Å². The van der Waals surface area contributed by atoms with Crippen LogP contribution in [0, 0.1) is 0 Å². The van der Waals surface area contributed by atoms with E-state index in [0.29, 0.717) is 48.5 Å². The van der Waals surface area contributed by atoms with Gasteiger partial charge in [-0.25, -0.2) is 0 Å². The lowest BCUT2D eigenvalue weighted by Gasteiger charge is -2.48. The molecule has 342 valence electrons. The summed E-state index contributed by atoms with van der Waals surface area (Å²) in [6.45, 7) is 0. The molecule has 0 nitrogen and oxygen atoms in total. The highest BCUT2D eigenvalue weighted by molar-refractivity contribution is 7.99. The second-order valence-corrected chi connectivity index (χ2v) is 18.2. The first-order valence-corrected chi connectivity index (χ1v) is 22.3. The minimum atomic E-state index is -5.38. The SMILES string of the molecule is FC(F)(F)c1ccccc1[B-](c1ccccc1C(F)(F)F)(c1ccccc1C(F)(F)F)c1ccccc1C(F)(F)F.c1ccc(Sc2ccc([S+](c3ccccc3)c3ccccc3)cc2)cc1. The summed E-state index contributed by atoms with van der Waals surface area (Å²) in [5.41, 5.74) is -11.5. The number of alkyl halides is 12. The lowest BCUT2D eigenvalue weighted by Crippen LogP contribution is -2.78. The van der Waals surface area contributed by atoms with Crippen LogP contribution >= 0.6 is 11.8 Å². The Bertz CT molecular complexity index is 2610. The summed E-state index contributed by atoms with van der Waals surface area (Å²) in [6, 6.07) is 52.3. The average Bonchev–Trinajstić information content (AvgIpc) is 3.31. The van der Waals surface area contributed by atoms with E-state index in [1.54, 1.807) is 11.8 Å². The first-order chi connectivity index (χ1) is 31.8. The molecule has 15 heteroatoms. The number of rotatable bonds is 9. The van der Waals surface area contributed by atoms with E-state index in [9.17, 15) is 52.7 Å². The zero-order valence-electron chi connectivity index (χ0n) is 34.6. The van der Waals surface area contributed by atoms with Crippen LogP contribution in [0.4, 0.5) is 52.7 Å². The van der Waals surface area contributed by atoms with Crippen LogP contribution in [0.15, 0.2) is 237 Å². The molecule has 0 N–H and O–H groups in total. The smallest absolute Gasteiger partial charge is 0.183 e. The maximum Gasteiger partial charge on any atom is 0.413 e. The lowest BCUT2D eigenvalue weighted by atomic mass is 9.11. The number of hydrogen-bond acceptors (Lipinski definition) is 1. The monoisotopic (exact) mass is 962 g/mol. The van der Waals surface area contributed by atoms with Crippen LogP contribution < -0.4 is 21.9 Å². The van der Waals surface area contributed by atoms with Gasteiger partial charge in [-0.2, -0.15) is 74.5 Å². The van der Waals surface area contributed by atoms with E-state index in [0.717, 1.165) is 48.5 Å². The molecule has 8 aromatic carbocycles. The van der Waals surface area contributed by atoms with Crippen LogP contribution in [-0.2, 0) is 35.6 Å². The number of benzene rings is 8. The lowest BCUT2D eigenvalue weighted by molar-refractivity contribution is -0.137. The Kier molecular flexibility index (Phi) is 14.4. The van der Waals surface area contributed by atoms with Crippen molar-refractivity contribution in [3.8, 4) is 0 Å². The zero-order chi connectivity index (χ0) is 48.0. The van der Waals surface area contributed by atoms with Crippen molar-refractivity contribution in [3.63, 3.8) is 0 Å². The van der Waals surface area contributed by atoms with Crippen LogP contribution in [-0.4, -0.2) is 6.15 Å². The normalized spacial score (nSPS) is 12.4. The molecule has 0 aliphatic rings. The van der Waals surface area contributed by atoms with Crippen LogP contribution in [0.5, 0.6) is 0 Å². The fourth-order valence-corrected chi connectivity index (χ4v) is 11.2. The van der Waals surface area contributed by atoms with Crippen LogP contribution in [0.1, 0.15) is 22.3 Å². The maximum absolute atomic E-state index is 14.5. The molecule has 0 aromatic heterocycles. The second kappa shape index (κ2) is 19.9. The Labute approximate surface area is 385 Å². The van der Waals surface area contributed by atoms with Crippen molar-refractivity contribution < 1.29 is 52.7 Å². The summed E-state index contributed by atoms with van der Waals surface area (Å²) in [6.07, 6.45) is -26.0. The molecule has 0 atom stereocenters. The van der Waals surface area contributed by atoms with Crippen molar-refractivity contribution >= 4 is 50.7 Å². The largest absolute Gasteiger partial charge is 0.413 e. The van der Waals surface area contributed by atoms with Gasteiger partial charge in [0.1, 0.15) is 6.15 Å². The van der Waals surface area contributed by atoms with E-state index >= 15 is 0 Å². The van der Waals surface area contributed by atoms with E-state index in [2.05, 4.69) is 115 Å². The van der Waals surface area contributed by atoms with Gasteiger partial charge in [0.2, 0.25) is 0 Å². The topological polar surface area (TPSA) is 0 Å². The molecule has 0 spiro atoms. The standard InChI is InChI=1S/C28H16BF12.C24H19S2/c30-25(31,32)17-9-1-5-13-21(17)29(22-14-6-2-10-18(22)26(33,34)35,23-15-7-3-11-19(23)27(36,37)38)24-16-8-4-12-20(24)28(39,40)41;1-4-10-20(11-5-1)25-21-16-18-24(19-17-21)26(22-12-6-2-7-13-22)23-14-8-3-9-15-23/h1-16H;1-19H/q-1;+1. The highest BCUT2D eigenvalue weighted by Crippen LogP contribution is 2.38. The fraction of sp³-hybridized carbons (Fsp3) is 0.0769. The Hall–Kier alpha value is -6.32. The third-order valence-corrected chi connectivity index (χ3v) is 14.2. The van der Waals surface area contributed by atoms with Crippen molar-refractivity contribution in [2.24, 2.45) is 0 Å². The van der Waals surface area contributed by atoms with Crippen molar-refractivity contribution in [1.82, 2.24) is 0 Å². The van der Waals surface area contributed by atoms with Gasteiger partial charge >= 0.3 is 24.7 Å². The molecule has 0 saturated heterocycles. The van der Waals surface area contributed by atoms with Crippen LogP contribution in [0.25, 0.3) is 0 Å². The molecule has 8 aromatic rings. The third-order valence-electron chi connectivity index (χ3n) is 10.9. The third kappa shape index (κ3) is 10.8. The van der Waals surface area contributed by atoms with E-state index in [1.807, 2.05) is 0 Å². The predicted octanol–water partition coefficient (Wildman–Crippen LogP) is 14.1. The van der Waals surface area contributed by atoms with Gasteiger partial charge in [0, 0.05) is 32.0 Å². The van der Waals surface area contributed by atoms with E-state index in [4.69, 9.17) is 0 Å². The Balaban J connectivity index is 0.000000219. The summed E-state index contributed by atoms with van der Waals surface area (Å²) in [5, 5.41) is 0. The number of hydrogen-bond donors (Lipinski definition) is 0. The first-order valence-electron chi connectivity index (χ1n) is 20.3. The minimum Gasteiger partial charge on any atom is -0.183 e. The molecule has 0 heterocycles. The van der Waals surface area contributed by atoms with Gasteiger partial charge in [0.15, 0.2) is 14.7 Å². The molecule has 0 aliphatic carbocycles. The van der Waals surface area contributed by atoms with E-state index in [1.165, 1.54) is 24.5 Å². The molecule has 0 aliphatic heterocycles. The fourth-order valence-electron chi connectivity index (χ4n) is 8.33. The van der Waals surface area contributed by atoms with E-state index in [-0.39, 0.29) is 10.9 Å². The molecule has 0 unspecified atom stereocenters. The van der Waals surface area contributed by atoms with Gasteiger partial charge in [0.25, 0.3) is 0 Å². The van der Waals surface area contributed by atoms with Gasteiger partial charge in [0.05, 0.1) is 10.9 Å². The van der Waals surface area contributed by atoms with Gasteiger partial charge in [-0.15, -0.1) is 0 Å². The van der Waals surface area contributed by atoms with Crippen LogP contribution in [0.2, 0.25) is 0 Å². The first kappa shape index (κ1) is 48.6. The maximum atomic E-state index is 14.5. The van der Waals surface area contributed by atoms with E-state index < -0.39 is 75.0 Å². The average molecular weight is 963 g/mol. The molecule has 0 saturated carbocycles. The molecule has 0 fully saturated rings. The molecule has 8 rings (SSSR count). The molecular weight excluding hydrogens is 927 g/mol. The van der Waals surface area contributed by atoms with Crippen molar-refractivity contribution in [2.75, 3.05) is 0 Å². The van der Waals surface area contributed by atoms with Gasteiger partial charge < -0.3 is 0 Å². The summed E-state index contributed by atoms with van der Waals surface area (Å²) < 4.78 is 174. The van der Waals surface area contributed by atoms with Crippen molar-refractivity contribution in [2.45, 2.75) is 49.2 Å². The van der Waals surface area contributed by atoms with Crippen molar-refractivity contribution in [3.05, 3.63) is 235 Å². The summed E-state index contributed by atoms with van der Waals surface area (Å²) in [7, 11) is -0.0786. The molecular formula is C52H35BF12S2.